The molecule has 1 aliphatic carbocycles. The normalized spacial score (nSPS) is 34.2. The second-order valence-electron chi connectivity index (χ2n) is 3.19. The van der Waals surface area contributed by atoms with E-state index < -0.39 is 0 Å². The predicted octanol–water partition coefficient (Wildman–Crippen LogP) is 2.29. The first-order valence-electron chi connectivity index (χ1n) is 4.16. The lowest BCUT2D eigenvalue weighted by molar-refractivity contribution is 0.302. The number of rotatable bonds is 2. The van der Waals surface area contributed by atoms with Crippen molar-refractivity contribution in [1.82, 2.24) is 0 Å². The van der Waals surface area contributed by atoms with Gasteiger partial charge in [0, 0.05) is 11.4 Å². The van der Waals surface area contributed by atoms with E-state index in [4.69, 9.17) is 5.73 Å². The van der Waals surface area contributed by atoms with Gasteiger partial charge in [0.2, 0.25) is 0 Å². The van der Waals surface area contributed by atoms with Crippen molar-refractivity contribution in [3.63, 3.8) is 0 Å². The maximum atomic E-state index is 5.94. The minimum absolute atomic E-state index is 0.492. The Morgan fingerprint density at radius 2 is 2.00 bits per heavy atom. The summed E-state index contributed by atoms with van der Waals surface area (Å²) in [4.78, 5) is 0. The van der Waals surface area contributed by atoms with Gasteiger partial charge < -0.3 is 5.73 Å². The van der Waals surface area contributed by atoms with Gasteiger partial charge in [0.15, 0.2) is 0 Å². The fraction of sp³-hybridized carbons (Fsp3) is 1.00. The molecule has 1 saturated carbocycles. The molecule has 60 valence electrons. The van der Waals surface area contributed by atoms with Gasteiger partial charge in [-0.3, -0.25) is 0 Å². The zero-order valence-electron chi connectivity index (χ0n) is 6.35. The monoisotopic (exact) mass is 205 g/mol. The molecule has 0 bridgehead atoms. The topological polar surface area (TPSA) is 26.0 Å². The third-order valence-electron chi connectivity index (χ3n) is 2.45. The molecule has 0 radical (unpaired) electrons. The van der Waals surface area contributed by atoms with Gasteiger partial charge in [-0.2, -0.15) is 0 Å². The summed E-state index contributed by atoms with van der Waals surface area (Å²) in [5.41, 5.74) is 5.94. The van der Waals surface area contributed by atoms with Crippen molar-refractivity contribution < 1.29 is 0 Å². The molecular weight excluding hydrogens is 190 g/mol. The van der Waals surface area contributed by atoms with Crippen molar-refractivity contribution in [3.8, 4) is 0 Å². The highest BCUT2D eigenvalue weighted by Gasteiger charge is 2.20. The van der Waals surface area contributed by atoms with Crippen LogP contribution >= 0.6 is 15.9 Å². The summed E-state index contributed by atoms with van der Waals surface area (Å²) < 4.78 is 0. The van der Waals surface area contributed by atoms with Crippen molar-refractivity contribution in [2.75, 3.05) is 5.33 Å². The molecule has 1 rings (SSSR count). The van der Waals surface area contributed by atoms with E-state index in [1.807, 2.05) is 0 Å². The molecule has 0 aromatic carbocycles. The van der Waals surface area contributed by atoms with Crippen LogP contribution in [0.2, 0.25) is 0 Å². The Balaban J connectivity index is 2.25. The average molecular weight is 206 g/mol. The van der Waals surface area contributed by atoms with Crippen LogP contribution in [0.5, 0.6) is 0 Å². The van der Waals surface area contributed by atoms with Crippen LogP contribution in [0.3, 0.4) is 0 Å². The second-order valence-corrected chi connectivity index (χ2v) is 3.98. The predicted molar refractivity (Wildman–Crippen MR) is 48.3 cm³/mol. The van der Waals surface area contributed by atoms with Crippen LogP contribution in [0.4, 0.5) is 0 Å². The Labute approximate surface area is 71.5 Å². The zero-order valence-corrected chi connectivity index (χ0v) is 7.94. The summed E-state index contributed by atoms with van der Waals surface area (Å²) in [5, 5.41) is 1.12. The third kappa shape index (κ3) is 2.24. The van der Waals surface area contributed by atoms with Gasteiger partial charge in [0.05, 0.1) is 0 Å². The molecule has 2 unspecified atom stereocenters. The molecule has 1 nitrogen and oxygen atoms in total. The molecule has 1 aliphatic rings. The van der Waals surface area contributed by atoms with Gasteiger partial charge in [-0.05, 0) is 25.2 Å². The third-order valence-corrected chi connectivity index (χ3v) is 2.91. The van der Waals surface area contributed by atoms with Crippen LogP contribution in [0.1, 0.15) is 32.1 Å². The lowest BCUT2D eigenvalue weighted by Crippen LogP contribution is -2.33. The van der Waals surface area contributed by atoms with Crippen LogP contribution < -0.4 is 5.73 Å². The van der Waals surface area contributed by atoms with Crippen LogP contribution in [-0.2, 0) is 0 Å². The van der Waals surface area contributed by atoms with E-state index in [2.05, 4.69) is 15.9 Å². The van der Waals surface area contributed by atoms with Crippen molar-refractivity contribution in [1.29, 1.82) is 0 Å². The first-order chi connectivity index (χ1) is 4.84. The van der Waals surface area contributed by atoms with Crippen LogP contribution in [0.15, 0.2) is 0 Å². The standard InChI is InChI=1S/C8H16BrN/c9-6-5-7-3-1-2-4-8(7)10/h7-8H,1-6,10H2. The number of halogens is 1. The zero-order chi connectivity index (χ0) is 7.40. The van der Waals surface area contributed by atoms with Crippen molar-refractivity contribution in [3.05, 3.63) is 0 Å². The molecule has 0 heterocycles. The molecule has 2 N–H and O–H groups in total. The van der Waals surface area contributed by atoms with Gasteiger partial charge >= 0.3 is 0 Å². The van der Waals surface area contributed by atoms with E-state index >= 15 is 0 Å². The number of hydrogen-bond acceptors (Lipinski definition) is 1. The number of alkyl halides is 1. The first kappa shape index (κ1) is 8.54. The van der Waals surface area contributed by atoms with E-state index in [0.29, 0.717) is 6.04 Å². The first-order valence-corrected chi connectivity index (χ1v) is 5.28. The molecule has 2 heteroatoms. The lowest BCUT2D eigenvalue weighted by atomic mass is 9.83. The lowest BCUT2D eigenvalue weighted by Gasteiger charge is -2.27. The molecular formula is C8H16BrN. The largest absolute Gasteiger partial charge is 0.327 e. The molecule has 2 atom stereocenters. The molecule has 0 saturated heterocycles. The van der Waals surface area contributed by atoms with Gasteiger partial charge in [-0.25, -0.2) is 0 Å². The minimum Gasteiger partial charge on any atom is -0.327 e. The highest BCUT2D eigenvalue weighted by atomic mass is 79.9. The van der Waals surface area contributed by atoms with E-state index in [1.54, 1.807) is 0 Å². The highest BCUT2D eigenvalue weighted by molar-refractivity contribution is 9.09. The minimum atomic E-state index is 0.492. The van der Waals surface area contributed by atoms with Crippen LogP contribution in [0.25, 0.3) is 0 Å². The smallest absolute Gasteiger partial charge is 0.00674 e. The Morgan fingerprint density at radius 3 is 2.60 bits per heavy atom. The summed E-state index contributed by atoms with van der Waals surface area (Å²) in [6.45, 7) is 0. The summed E-state index contributed by atoms with van der Waals surface area (Å²) >= 11 is 3.46. The molecule has 0 aliphatic heterocycles. The van der Waals surface area contributed by atoms with Crippen molar-refractivity contribution >= 4 is 15.9 Å². The van der Waals surface area contributed by atoms with Crippen LogP contribution in [-0.4, -0.2) is 11.4 Å². The van der Waals surface area contributed by atoms with Crippen molar-refractivity contribution in [2.45, 2.75) is 38.1 Å². The number of nitrogens with two attached hydrogens (primary N) is 1. The Hall–Kier alpha value is 0.440. The molecule has 0 spiro atoms. The Kier molecular flexibility index (Phi) is 3.71. The van der Waals surface area contributed by atoms with E-state index in [-0.39, 0.29) is 0 Å². The van der Waals surface area contributed by atoms with Gasteiger partial charge in [0.1, 0.15) is 0 Å². The summed E-state index contributed by atoms with van der Waals surface area (Å²) in [6, 6.07) is 0.492. The quantitative estimate of drug-likeness (QED) is 0.689. The Morgan fingerprint density at radius 1 is 1.30 bits per heavy atom. The summed E-state index contributed by atoms with van der Waals surface area (Å²) in [7, 11) is 0. The van der Waals surface area contributed by atoms with Gasteiger partial charge in [-0.1, -0.05) is 28.8 Å². The molecule has 0 amide bonds. The molecule has 1 fully saturated rings. The number of hydrogen-bond donors (Lipinski definition) is 1. The van der Waals surface area contributed by atoms with E-state index in [0.717, 1.165) is 11.2 Å². The van der Waals surface area contributed by atoms with Gasteiger partial charge in [0.25, 0.3) is 0 Å². The summed E-state index contributed by atoms with van der Waals surface area (Å²) in [6.07, 6.45) is 6.61. The van der Waals surface area contributed by atoms with Gasteiger partial charge in [-0.15, -0.1) is 0 Å². The maximum absolute atomic E-state index is 5.94. The van der Waals surface area contributed by atoms with Crippen LogP contribution in [0, 0.1) is 5.92 Å². The fourth-order valence-electron chi connectivity index (χ4n) is 1.73. The maximum Gasteiger partial charge on any atom is 0.00674 e. The van der Waals surface area contributed by atoms with E-state index in [1.165, 1.54) is 32.1 Å². The SMILES string of the molecule is NC1CCCCC1CCBr. The fourth-order valence-corrected chi connectivity index (χ4v) is 2.32. The second kappa shape index (κ2) is 4.35. The highest BCUT2D eigenvalue weighted by Crippen LogP contribution is 2.25. The summed E-state index contributed by atoms with van der Waals surface area (Å²) in [5.74, 6) is 0.799. The van der Waals surface area contributed by atoms with E-state index in [9.17, 15) is 0 Å². The Bertz CT molecular complexity index is 93.3. The van der Waals surface area contributed by atoms with Crippen molar-refractivity contribution in [2.24, 2.45) is 11.7 Å². The average Bonchev–Trinajstić information content (AvgIpc) is 1.94. The molecule has 0 aromatic rings. The molecule has 0 aromatic heterocycles. The molecule has 10 heavy (non-hydrogen) atoms.